The Morgan fingerprint density at radius 2 is 1.97 bits per heavy atom. The zero-order valence-corrected chi connectivity index (χ0v) is 18.9. The average molecular weight is 425 g/mol. The Kier molecular flexibility index (Phi) is 6.21. The van der Waals surface area contributed by atoms with E-state index in [1.165, 1.54) is 11.3 Å². The fraction of sp³-hybridized carbons (Fsp3) is 0.304. The van der Waals surface area contributed by atoms with Gasteiger partial charge in [0, 0.05) is 10.9 Å². The third-order valence-corrected chi connectivity index (χ3v) is 6.96. The molecule has 0 aliphatic carbocycles. The van der Waals surface area contributed by atoms with Crippen molar-refractivity contribution < 1.29 is 9.53 Å². The maximum absolute atomic E-state index is 12.0. The summed E-state index contributed by atoms with van der Waals surface area (Å²) in [5.41, 5.74) is 2.56. The predicted molar refractivity (Wildman–Crippen MR) is 123 cm³/mol. The lowest BCUT2D eigenvalue weighted by Crippen LogP contribution is -2.23. The van der Waals surface area contributed by atoms with E-state index in [2.05, 4.69) is 37.3 Å². The molecule has 0 fully saturated rings. The maximum atomic E-state index is 12.0. The average Bonchev–Trinajstić information content (AvgIpc) is 3.14. The lowest BCUT2D eigenvalue weighted by Gasteiger charge is -2.17. The van der Waals surface area contributed by atoms with Crippen molar-refractivity contribution in [3.05, 3.63) is 52.3 Å². The van der Waals surface area contributed by atoms with Crippen LogP contribution in [-0.4, -0.2) is 28.0 Å². The number of benzene rings is 2. The molecular weight excluding hydrogens is 400 g/mol. The SMILES string of the molecule is Cc1ccc2ccccc2c1-c1csc(/C(C#N)=S(/C)COC(=O)C(C)(C)C)n1. The highest BCUT2D eigenvalue weighted by Gasteiger charge is 2.23. The van der Waals surface area contributed by atoms with Crippen molar-refractivity contribution in [3.63, 3.8) is 0 Å². The van der Waals surface area contributed by atoms with Crippen LogP contribution in [0.1, 0.15) is 31.3 Å². The van der Waals surface area contributed by atoms with Gasteiger partial charge in [0.1, 0.15) is 21.9 Å². The summed E-state index contributed by atoms with van der Waals surface area (Å²) in [5.74, 6) is -0.0679. The van der Waals surface area contributed by atoms with Crippen LogP contribution in [0, 0.1) is 23.7 Å². The first-order valence-electron chi connectivity index (χ1n) is 9.24. The maximum Gasteiger partial charge on any atom is 0.312 e. The largest absolute Gasteiger partial charge is 0.455 e. The molecule has 3 aromatic rings. The number of ether oxygens (including phenoxy) is 1. The predicted octanol–water partition coefficient (Wildman–Crippen LogP) is 5.76. The zero-order valence-electron chi connectivity index (χ0n) is 17.3. The molecule has 0 aliphatic heterocycles. The molecule has 0 amide bonds. The molecule has 0 radical (unpaired) electrons. The van der Waals surface area contributed by atoms with Gasteiger partial charge in [-0.25, -0.2) is 4.98 Å². The first-order chi connectivity index (χ1) is 13.7. The van der Waals surface area contributed by atoms with Crippen LogP contribution in [0.5, 0.6) is 0 Å². The summed E-state index contributed by atoms with van der Waals surface area (Å²) in [7, 11) is -0.529. The molecule has 0 aliphatic rings. The molecule has 0 N–H and O–H groups in total. The van der Waals surface area contributed by atoms with E-state index < -0.39 is 15.9 Å². The third kappa shape index (κ3) is 4.58. The molecule has 3 rings (SSSR count). The van der Waals surface area contributed by atoms with Gasteiger partial charge in [-0.2, -0.15) is 5.26 Å². The van der Waals surface area contributed by atoms with Crippen molar-refractivity contribution in [2.45, 2.75) is 27.7 Å². The second kappa shape index (κ2) is 8.48. The van der Waals surface area contributed by atoms with Crippen LogP contribution in [0.4, 0.5) is 0 Å². The standard InChI is InChI=1S/C23H24N2O2S2/c1-15-10-11-16-8-6-7-9-17(16)20(15)18-13-28-21(25-18)19(12-24)29(5)14-27-22(26)23(2,3)4/h6-11,13H,14H2,1-5H3. The molecule has 4 nitrogen and oxygen atoms in total. The van der Waals surface area contributed by atoms with Gasteiger partial charge in [-0.15, -0.1) is 21.8 Å². The van der Waals surface area contributed by atoms with Gasteiger partial charge < -0.3 is 4.74 Å². The minimum atomic E-state index is -0.558. The van der Waals surface area contributed by atoms with Crippen molar-refractivity contribution in [3.8, 4) is 17.3 Å². The van der Waals surface area contributed by atoms with Gasteiger partial charge in [0.2, 0.25) is 0 Å². The Morgan fingerprint density at radius 1 is 1.24 bits per heavy atom. The van der Waals surface area contributed by atoms with E-state index in [1.54, 1.807) is 0 Å². The summed E-state index contributed by atoms with van der Waals surface area (Å²) in [6, 6.07) is 14.7. The molecule has 1 heterocycles. The Hall–Kier alpha value is -2.49. The van der Waals surface area contributed by atoms with E-state index in [1.807, 2.05) is 44.5 Å². The molecular formula is C23H24N2O2S2. The number of esters is 1. The van der Waals surface area contributed by atoms with E-state index in [-0.39, 0.29) is 11.9 Å². The highest BCUT2D eigenvalue weighted by atomic mass is 32.2. The molecule has 1 atom stereocenters. The minimum Gasteiger partial charge on any atom is -0.455 e. The van der Waals surface area contributed by atoms with Crippen LogP contribution in [0.15, 0.2) is 41.8 Å². The third-order valence-electron chi connectivity index (χ3n) is 4.52. The molecule has 29 heavy (non-hydrogen) atoms. The Labute approximate surface area is 178 Å². The van der Waals surface area contributed by atoms with E-state index in [0.717, 1.165) is 27.6 Å². The Morgan fingerprint density at radius 3 is 2.66 bits per heavy atom. The van der Waals surface area contributed by atoms with Crippen LogP contribution in [0.25, 0.3) is 22.0 Å². The second-order valence-corrected chi connectivity index (χ2v) is 10.7. The number of carbonyl (C=O) groups excluding carboxylic acids is 1. The van der Waals surface area contributed by atoms with Gasteiger partial charge in [-0.3, -0.25) is 4.79 Å². The van der Waals surface area contributed by atoms with E-state index in [4.69, 9.17) is 9.72 Å². The normalized spacial score (nSPS) is 13.0. The summed E-state index contributed by atoms with van der Waals surface area (Å²) in [6.07, 6.45) is 1.92. The first kappa shape index (κ1) is 21.2. The Balaban J connectivity index is 1.96. The number of rotatable bonds is 4. The minimum absolute atomic E-state index is 0.196. The number of aromatic nitrogens is 1. The van der Waals surface area contributed by atoms with Crippen LogP contribution in [-0.2, 0) is 9.53 Å². The molecule has 0 spiro atoms. The molecule has 0 saturated heterocycles. The molecule has 2 aromatic carbocycles. The fourth-order valence-electron chi connectivity index (χ4n) is 2.91. The first-order valence-corrected chi connectivity index (χ1v) is 11.9. The van der Waals surface area contributed by atoms with Gasteiger partial charge in [0.25, 0.3) is 0 Å². The van der Waals surface area contributed by atoms with Crippen LogP contribution < -0.4 is 0 Å². The summed E-state index contributed by atoms with van der Waals surface area (Å²) >= 11 is 1.46. The van der Waals surface area contributed by atoms with Gasteiger partial charge in [-0.05, 0) is 50.3 Å². The van der Waals surface area contributed by atoms with Gasteiger partial charge in [0.05, 0.1) is 11.1 Å². The quantitative estimate of drug-likeness (QED) is 0.303. The topological polar surface area (TPSA) is 63.0 Å². The van der Waals surface area contributed by atoms with Crippen molar-refractivity contribution in [2.75, 3.05) is 12.2 Å². The summed E-state index contributed by atoms with van der Waals surface area (Å²) in [6.45, 7) is 7.53. The highest BCUT2D eigenvalue weighted by Crippen LogP contribution is 2.33. The Bertz CT molecular complexity index is 1150. The monoisotopic (exact) mass is 424 g/mol. The summed E-state index contributed by atoms with van der Waals surface area (Å²) < 4.78 is 5.42. The summed E-state index contributed by atoms with van der Waals surface area (Å²) in [4.78, 5) is 17.4. The second-order valence-electron chi connectivity index (χ2n) is 7.89. The van der Waals surface area contributed by atoms with E-state index >= 15 is 0 Å². The van der Waals surface area contributed by atoms with Crippen molar-refractivity contribution in [1.29, 1.82) is 5.26 Å². The number of fused-ring (bicyclic) bond motifs is 1. The molecule has 150 valence electrons. The molecule has 1 unspecified atom stereocenters. The van der Waals surface area contributed by atoms with Crippen LogP contribution in [0.3, 0.4) is 0 Å². The number of hydrogen-bond acceptors (Lipinski definition) is 5. The zero-order chi connectivity index (χ0) is 21.2. The van der Waals surface area contributed by atoms with Gasteiger partial charge >= 0.3 is 5.97 Å². The number of aryl methyl sites for hydroxylation is 1. The molecule has 0 bridgehead atoms. The lowest BCUT2D eigenvalue weighted by molar-refractivity contribution is -0.150. The van der Waals surface area contributed by atoms with Crippen LogP contribution in [0.2, 0.25) is 0 Å². The van der Waals surface area contributed by atoms with Crippen molar-refractivity contribution in [1.82, 2.24) is 4.98 Å². The lowest BCUT2D eigenvalue weighted by atomic mass is 9.98. The van der Waals surface area contributed by atoms with Crippen molar-refractivity contribution in [2.24, 2.45) is 5.41 Å². The number of thiazole rings is 1. The van der Waals surface area contributed by atoms with Gasteiger partial charge in [-0.1, -0.05) is 36.4 Å². The van der Waals surface area contributed by atoms with Crippen LogP contribution >= 0.6 is 21.8 Å². The number of nitrogens with zero attached hydrogens (tertiary/aromatic N) is 2. The number of carbonyl (C=O) groups is 1. The van der Waals surface area contributed by atoms with Gasteiger partial charge in [0.15, 0.2) is 0 Å². The summed E-state index contributed by atoms with van der Waals surface area (Å²) in [5, 5.41) is 14.7. The molecule has 6 heteroatoms. The van der Waals surface area contributed by atoms with E-state index in [9.17, 15) is 10.1 Å². The fourth-order valence-corrected chi connectivity index (χ4v) is 5.08. The number of hydrogen-bond donors (Lipinski definition) is 0. The highest BCUT2D eigenvalue weighted by molar-refractivity contribution is 8.16. The number of nitriles is 1. The smallest absolute Gasteiger partial charge is 0.312 e. The van der Waals surface area contributed by atoms with E-state index in [0.29, 0.717) is 9.87 Å². The molecule has 0 saturated carbocycles. The van der Waals surface area contributed by atoms with Crippen molar-refractivity contribution >= 4 is 43.4 Å². The molecule has 1 aromatic heterocycles.